The molecule has 1 N–H and O–H groups in total. The van der Waals surface area contributed by atoms with E-state index in [9.17, 15) is 9.00 Å². The Bertz CT molecular complexity index is 473. The standard InChI is InChI=1S/C13H16O3S2/c1-2-12(13(14)15)18(16)8-9-7-17-11-6-4-3-5-10(9)11/h3-6,9,12H,2,7-8H2,1H3,(H,14,15). The summed E-state index contributed by atoms with van der Waals surface area (Å²) in [4.78, 5) is 12.2. The molecule has 1 aliphatic rings. The van der Waals surface area contributed by atoms with Crippen LogP contribution in [0.5, 0.6) is 0 Å². The van der Waals surface area contributed by atoms with Crippen LogP contribution in [-0.4, -0.2) is 32.0 Å². The van der Waals surface area contributed by atoms with Crippen LogP contribution < -0.4 is 0 Å². The van der Waals surface area contributed by atoms with E-state index in [0.717, 1.165) is 5.75 Å². The number of carbonyl (C=O) groups is 1. The second kappa shape index (κ2) is 5.89. The van der Waals surface area contributed by atoms with Crippen LogP contribution >= 0.6 is 11.8 Å². The number of aliphatic carboxylic acids is 1. The molecule has 5 heteroatoms. The average Bonchev–Trinajstić information content (AvgIpc) is 2.73. The Morgan fingerprint density at radius 1 is 1.56 bits per heavy atom. The fraction of sp³-hybridized carbons (Fsp3) is 0.462. The van der Waals surface area contributed by atoms with E-state index in [-0.39, 0.29) is 5.92 Å². The van der Waals surface area contributed by atoms with Crippen molar-refractivity contribution >= 4 is 28.5 Å². The SMILES string of the molecule is CCC(C(=O)O)S(=O)CC1CSc2ccccc21. The smallest absolute Gasteiger partial charge is 0.319 e. The Balaban J connectivity index is 2.08. The van der Waals surface area contributed by atoms with Crippen LogP contribution in [0.15, 0.2) is 29.2 Å². The van der Waals surface area contributed by atoms with E-state index in [2.05, 4.69) is 12.1 Å². The van der Waals surface area contributed by atoms with Crippen LogP contribution in [0.4, 0.5) is 0 Å². The van der Waals surface area contributed by atoms with E-state index in [1.165, 1.54) is 10.5 Å². The average molecular weight is 284 g/mol. The molecule has 18 heavy (non-hydrogen) atoms. The predicted octanol–water partition coefficient (Wildman–Crippen LogP) is 2.49. The lowest BCUT2D eigenvalue weighted by atomic mass is 10.0. The third-order valence-corrected chi connectivity index (χ3v) is 6.28. The molecule has 0 fully saturated rings. The normalized spacial score (nSPS) is 21.3. The maximum atomic E-state index is 12.1. The van der Waals surface area contributed by atoms with Gasteiger partial charge in [0.1, 0.15) is 5.25 Å². The van der Waals surface area contributed by atoms with Crippen molar-refractivity contribution < 1.29 is 14.1 Å². The van der Waals surface area contributed by atoms with Crippen molar-refractivity contribution in [1.82, 2.24) is 0 Å². The minimum Gasteiger partial charge on any atom is -0.480 e. The minimum atomic E-state index is -1.30. The van der Waals surface area contributed by atoms with Crippen LogP contribution in [0.25, 0.3) is 0 Å². The zero-order chi connectivity index (χ0) is 13.1. The van der Waals surface area contributed by atoms with Crippen LogP contribution in [0.1, 0.15) is 24.8 Å². The molecule has 0 amide bonds. The summed E-state index contributed by atoms with van der Waals surface area (Å²) in [7, 11) is -1.30. The number of hydrogen-bond donors (Lipinski definition) is 1. The Labute approximate surface area is 113 Å². The van der Waals surface area contributed by atoms with Gasteiger partial charge in [0.05, 0.1) is 0 Å². The van der Waals surface area contributed by atoms with Gasteiger partial charge in [0.25, 0.3) is 0 Å². The molecule has 2 rings (SSSR count). The summed E-state index contributed by atoms with van der Waals surface area (Å²) in [5.41, 5.74) is 1.22. The number of fused-ring (bicyclic) bond motifs is 1. The number of carboxylic acid groups (broad SMARTS) is 1. The molecule has 0 saturated heterocycles. The molecule has 1 aromatic rings. The molecule has 0 saturated carbocycles. The fourth-order valence-corrected chi connectivity index (χ4v) is 5.08. The predicted molar refractivity (Wildman–Crippen MR) is 74.6 cm³/mol. The topological polar surface area (TPSA) is 54.4 Å². The van der Waals surface area contributed by atoms with Crippen molar-refractivity contribution in [2.24, 2.45) is 0 Å². The molecule has 0 spiro atoms. The maximum Gasteiger partial charge on any atom is 0.319 e. The van der Waals surface area contributed by atoms with Crippen molar-refractivity contribution in [3.05, 3.63) is 29.8 Å². The number of rotatable bonds is 5. The summed E-state index contributed by atoms with van der Waals surface area (Å²) < 4.78 is 12.1. The highest BCUT2D eigenvalue weighted by Crippen LogP contribution is 2.39. The third kappa shape index (κ3) is 2.78. The van der Waals surface area contributed by atoms with Crippen molar-refractivity contribution in [3.63, 3.8) is 0 Å². The quantitative estimate of drug-likeness (QED) is 0.902. The van der Waals surface area contributed by atoms with E-state index < -0.39 is 22.0 Å². The first-order valence-corrected chi connectivity index (χ1v) is 8.32. The Morgan fingerprint density at radius 3 is 2.94 bits per heavy atom. The minimum absolute atomic E-state index is 0.223. The molecule has 0 radical (unpaired) electrons. The van der Waals surface area contributed by atoms with Crippen LogP contribution in [0, 0.1) is 0 Å². The van der Waals surface area contributed by atoms with Gasteiger partial charge in [0.15, 0.2) is 0 Å². The van der Waals surface area contributed by atoms with Gasteiger partial charge in [0.2, 0.25) is 0 Å². The van der Waals surface area contributed by atoms with E-state index in [1.807, 2.05) is 12.1 Å². The van der Waals surface area contributed by atoms with Crippen LogP contribution in [-0.2, 0) is 15.6 Å². The highest BCUT2D eigenvalue weighted by Gasteiger charge is 2.29. The lowest BCUT2D eigenvalue weighted by Gasteiger charge is -2.14. The second-order valence-electron chi connectivity index (χ2n) is 4.33. The summed E-state index contributed by atoms with van der Waals surface area (Å²) in [5.74, 6) is 0.630. The Morgan fingerprint density at radius 2 is 2.28 bits per heavy atom. The highest BCUT2D eigenvalue weighted by molar-refractivity contribution is 7.99. The van der Waals surface area contributed by atoms with Gasteiger partial charge in [-0.05, 0) is 18.1 Å². The summed E-state index contributed by atoms with van der Waals surface area (Å²) in [6.07, 6.45) is 0.420. The molecule has 0 bridgehead atoms. The summed E-state index contributed by atoms with van der Waals surface area (Å²) in [5, 5.41) is 8.28. The molecule has 1 aliphatic heterocycles. The van der Waals surface area contributed by atoms with Gasteiger partial charge in [-0.15, -0.1) is 11.8 Å². The summed E-state index contributed by atoms with van der Waals surface area (Å²) in [6.45, 7) is 1.77. The maximum absolute atomic E-state index is 12.1. The number of thioether (sulfide) groups is 1. The van der Waals surface area contributed by atoms with Gasteiger partial charge in [-0.3, -0.25) is 9.00 Å². The van der Waals surface area contributed by atoms with Crippen LogP contribution in [0.2, 0.25) is 0 Å². The first kappa shape index (κ1) is 13.6. The van der Waals surface area contributed by atoms with E-state index in [0.29, 0.717) is 12.2 Å². The number of hydrogen-bond acceptors (Lipinski definition) is 3. The second-order valence-corrected chi connectivity index (χ2v) is 7.05. The van der Waals surface area contributed by atoms with Crippen molar-refractivity contribution in [2.75, 3.05) is 11.5 Å². The summed E-state index contributed by atoms with van der Waals surface area (Å²) in [6, 6.07) is 8.10. The zero-order valence-electron chi connectivity index (χ0n) is 10.2. The first-order chi connectivity index (χ1) is 8.63. The lowest BCUT2D eigenvalue weighted by molar-refractivity contribution is -0.136. The van der Waals surface area contributed by atoms with Crippen molar-refractivity contribution in [3.8, 4) is 0 Å². The van der Waals surface area contributed by atoms with Crippen molar-refractivity contribution in [2.45, 2.75) is 29.4 Å². The van der Waals surface area contributed by atoms with E-state index in [4.69, 9.17) is 5.11 Å². The molecule has 98 valence electrons. The van der Waals surface area contributed by atoms with Crippen LogP contribution in [0.3, 0.4) is 0 Å². The molecule has 3 atom stereocenters. The molecule has 3 nitrogen and oxygen atoms in total. The number of carboxylic acids is 1. The molecule has 1 heterocycles. The van der Waals surface area contributed by atoms with Gasteiger partial charge in [-0.1, -0.05) is 25.1 Å². The Kier molecular flexibility index (Phi) is 4.45. The molecule has 1 aromatic carbocycles. The fourth-order valence-electron chi connectivity index (χ4n) is 2.15. The molecule has 3 unspecified atom stereocenters. The largest absolute Gasteiger partial charge is 0.480 e. The summed E-state index contributed by atoms with van der Waals surface area (Å²) >= 11 is 1.76. The Hall–Kier alpha value is -0.810. The monoisotopic (exact) mass is 284 g/mol. The third-order valence-electron chi connectivity index (χ3n) is 3.13. The van der Waals surface area contributed by atoms with Gasteiger partial charge in [0, 0.05) is 33.1 Å². The zero-order valence-corrected chi connectivity index (χ0v) is 11.8. The molecular weight excluding hydrogens is 268 g/mol. The lowest BCUT2D eigenvalue weighted by Crippen LogP contribution is -2.28. The number of benzene rings is 1. The van der Waals surface area contributed by atoms with E-state index in [1.54, 1.807) is 18.7 Å². The van der Waals surface area contributed by atoms with Gasteiger partial charge >= 0.3 is 5.97 Å². The van der Waals surface area contributed by atoms with E-state index >= 15 is 0 Å². The van der Waals surface area contributed by atoms with Gasteiger partial charge in [-0.2, -0.15) is 0 Å². The molecule has 0 aliphatic carbocycles. The van der Waals surface area contributed by atoms with Gasteiger partial charge < -0.3 is 5.11 Å². The van der Waals surface area contributed by atoms with Gasteiger partial charge in [-0.25, -0.2) is 0 Å². The highest BCUT2D eigenvalue weighted by atomic mass is 32.2. The van der Waals surface area contributed by atoms with Crippen molar-refractivity contribution in [1.29, 1.82) is 0 Å². The molecule has 0 aromatic heterocycles. The molecular formula is C13H16O3S2. The first-order valence-electron chi connectivity index (χ1n) is 5.95.